The largest absolute Gasteiger partial charge is 0.380 e. The number of hydrogen-bond donors (Lipinski definition) is 1. The van der Waals surface area contributed by atoms with Gasteiger partial charge in [0.25, 0.3) is 5.91 Å². The van der Waals surface area contributed by atoms with Gasteiger partial charge in [0.05, 0.1) is 10.7 Å². The van der Waals surface area contributed by atoms with Crippen molar-refractivity contribution in [3.05, 3.63) is 58.9 Å². The van der Waals surface area contributed by atoms with Crippen LogP contribution in [0, 0.1) is 0 Å². The van der Waals surface area contributed by atoms with Crippen LogP contribution in [0.3, 0.4) is 0 Å². The molecule has 1 N–H and O–H groups in total. The third-order valence-corrected chi connectivity index (χ3v) is 3.85. The predicted octanol–water partition coefficient (Wildman–Crippen LogP) is 3.83. The van der Waals surface area contributed by atoms with E-state index in [0.29, 0.717) is 17.1 Å². The van der Waals surface area contributed by atoms with Gasteiger partial charge in [0.1, 0.15) is 0 Å². The Morgan fingerprint density at radius 1 is 1.27 bits per heavy atom. The Balaban J connectivity index is 2.00. The van der Waals surface area contributed by atoms with Crippen molar-refractivity contribution in [1.82, 2.24) is 9.88 Å². The Kier molecular flexibility index (Phi) is 5.39. The van der Waals surface area contributed by atoms with Crippen LogP contribution in [0.15, 0.2) is 42.7 Å². The first-order chi connectivity index (χ1) is 10.5. The Morgan fingerprint density at radius 3 is 2.55 bits per heavy atom. The number of rotatable bonds is 5. The zero-order chi connectivity index (χ0) is 16.1. The lowest BCUT2D eigenvalue weighted by Crippen LogP contribution is -2.32. The highest BCUT2D eigenvalue weighted by atomic mass is 35.5. The van der Waals surface area contributed by atoms with Crippen LogP contribution in [0.2, 0.25) is 5.02 Å². The fourth-order valence-corrected chi connectivity index (χ4v) is 2.11. The molecular weight excluding hydrogens is 298 g/mol. The number of carbonyl (C=O) groups is 1. The molecule has 0 bridgehead atoms. The monoisotopic (exact) mass is 317 g/mol. The van der Waals surface area contributed by atoms with Crippen LogP contribution >= 0.6 is 11.6 Å². The normalized spacial score (nSPS) is 10.6. The standard InChI is InChI=1S/C17H20ClN3O/c1-12(2)21(3)17(22)14-6-4-13(5-7-14)10-20-16-8-9-19-11-15(16)18/h4-9,11-12H,10H2,1-3H3,(H,19,20). The van der Waals surface area contributed by atoms with Crippen molar-refractivity contribution in [2.45, 2.75) is 26.4 Å². The molecule has 0 spiro atoms. The van der Waals surface area contributed by atoms with Crippen molar-refractivity contribution in [3.63, 3.8) is 0 Å². The van der Waals surface area contributed by atoms with E-state index in [1.807, 2.05) is 51.2 Å². The summed E-state index contributed by atoms with van der Waals surface area (Å²) in [5.74, 6) is 0.0340. The van der Waals surface area contributed by atoms with E-state index in [2.05, 4.69) is 10.3 Å². The van der Waals surface area contributed by atoms with E-state index >= 15 is 0 Å². The Labute approximate surface area is 136 Å². The van der Waals surface area contributed by atoms with Crippen molar-refractivity contribution in [3.8, 4) is 0 Å². The lowest BCUT2D eigenvalue weighted by molar-refractivity contribution is 0.0755. The number of halogens is 1. The van der Waals surface area contributed by atoms with Crippen molar-refractivity contribution in [2.75, 3.05) is 12.4 Å². The number of anilines is 1. The second-order valence-corrected chi connectivity index (χ2v) is 5.82. The molecule has 0 saturated carbocycles. The first-order valence-corrected chi connectivity index (χ1v) is 7.56. The smallest absolute Gasteiger partial charge is 0.253 e. The summed E-state index contributed by atoms with van der Waals surface area (Å²) in [6.45, 7) is 4.63. The molecule has 0 fully saturated rings. The second-order valence-electron chi connectivity index (χ2n) is 5.42. The third-order valence-electron chi connectivity index (χ3n) is 3.55. The van der Waals surface area contributed by atoms with Crippen LogP contribution in [0.5, 0.6) is 0 Å². The van der Waals surface area contributed by atoms with Gasteiger partial charge in [0.15, 0.2) is 0 Å². The zero-order valence-corrected chi connectivity index (χ0v) is 13.8. The molecule has 0 saturated heterocycles. The summed E-state index contributed by atoms with van der Waals surface area (Å²) in [5, 5.41) is 3.84. The summed E-state index contributed by atoms with van der Waals surface area (Å²) < 4.78 is 0. The fourth-order valence-electron chi connectivity index (χ4n) is 1.92. The van der Waals surface area contributed by atoms with Crippen LogP contribution in [-0.4, -0.2) is 28.9 Å². The van der Waals surface area contributed by atoms with Gasteiger partial charge in [0.2, 0.25) is 0 Å². The van der Waals surface area contributed by atoms with E-state index in [-0.39, 0.29) is 11.9 Å². The summed E-state index contributed by atoms with van der Waals surface area (Å²) in [6, 6.07) is 9.62. The molecule has 0 radical (unpaired) electrons. The maximum absolute atomic E-state index is 12.2. The number of carbonyl (C=O) groups excluding carboxylic acids is 1. The molecule has 2 aromatic rings. The molecule has 0 aliphatic heterocycles. The molecule has 1 heterocycles. The van der Waals surface area contributed by atoms with E-state index in [9.17, 15) is 4.79 Å². The van der Waals surface area contributed by atoms with E-state index in [4.69, 9.17) is 11.6 Å². The topological polar surface area (TPSA) is 45.2 Å². The van der Waals surface area contributed by atoms with Crippen LogP contribution < -0.4 is 5.32 Å². The number of nitrogens with one attached hydrogen (secondary N) is 1. The molecule has 0 aliphatic carbocycles. The molecule has 2 rings (SSSR count). The molecule has 4 nitrogen and oxygen atoms in total. The van der Waals surface area contributed by atoms with Gasteiger partial charge < -0.3 is 10.2 Å². The summed E-state index contributed by atoms with van der Waals surface area (Å²) in [6.07, 6.45) is 3.30. The van der Waals surface area contributed by atoms with Crippen LogP contribution in [0.4, 0.5) is 5.69 Å². The SMILES string of the molecule is CC(C)N(C)C(=O)c1ccc(CNc2ccncc2Cl)cc1. The van der Waals surface area contributed by atoms with Crippen LogP contribution in [0.1, 0.15) is 29.8 Å². The third kappa shape index (κ3) is 3.98. The average molecular weight is 318 g/mol. The van der Waals surface area contributed by atoms with Gasteiger partial charge in [-0.1, -0.05) is 23.7 Å². The van der Waals surface area contributed by atoms with Crippen LogP contribution in [0.25, 0.3) is 0 Å². The van der Waals surface area contributed by atoms with Crippen molar-refractivity contribution < 1.29 is 4.79 Å². The lowest BCUT2D eigenvalue weighted by Gasteiger charge is -2.21. The highest BCUT2D eigenvalue weighted by Gasteiger charge is 2.13. The van der Waals surface area contributed by atoms with Crippen molar-refractivity contribution in [1.29, 1.82) is 0 Å². The number of pyridine rings is 1. The molecule has 0 aliphatic rings. The van der Waals surface area contributed by atoms with Gasteiger partial charge in [-0.15, -0.1) is 0 Å². The van der Waals surface area contributed by atoms with E-state index in [1.165, 1.54) is 0 Å². The first kappa shape index (κ1) is 16.3. The number of aromatic nitrogens is 1. The van der Waals surface area contributed by atoms with Gasteiger partial charge in [-0.05, 0) is 37.6 Å². The quantitative estimate of drug-likeness (QED) is 0.911. The molecule has 1 amide bonds. The molecule has 1 aromatic carbocycles. The number of nitrogens with zero attached hydrogens (tertiary/aromatic N) is 2. The maximum atomic E-state index is 12.2. The van der Waals surface area contributed by atoms with E-state index < -0.39 is 0 Å². The van der Waals surface area contributed by atoms with Gasteiger partial charge >= 0.3 is 0 Å². The highest BCUT2D eigenvalue weighted by Crippen LogP contribution is 2.20. The number of benzene rings is 1. The zero-order valence-electron chi connectivity index (χ0n) is 13.0. The van der Waals surface area contributed by atoms with Gasteiger partial charge in [-0.25, -0.2) is 0 Å². The fraction of sp³-hybridized carbons (Fsp3) is 0.294. The summed E-state index contributed by atoms with van der Waals surface area (Å²) >= 11 is 6.05. The Hall–Kier alpha value is -2.07. The van der Waals surface area contributed by atoms with Crippen molar-refractivity contribution in [2.24, 2.45) is 0 Å². The Bertz CT molecular complexity index is 641. The summed E-state index contributed by atoms with van der Waals surface area (Å²) in [7, 11) is 1.81. The minimum Gasteiger partial charge on any atom is -0.380 e. The predicted molar refractivity (Wildman–Crippen MR) is 90.2 cm³/mol. The number of amides is 1. The van der Waals surface area contributed by atoms with E-state index in [0.717, 1.165) is 11.3 Å². The van der Waals surface area contributed by atoms with Crippen molar-refractivity contribution >= 4 is 23.2 Å². The molecule has 116 valence electrons. The minimum atomic E-state index is 0.0340. The molecular formula is C17H20ClN3O. The second kappa shape index (κ2) is 7.27. The first-order valence-electron chi connectivity index (χ1n) is 7.18. The molecule has 0 unspecified atom stereocenters. The summed E-state index contributed by atoms with van der Waals surface area (Å²) in [5.41, 5.74) is 2.62. The van der Waals surface area contributed by atoms with E-state index in [1.54, 1.807) is 17.3 Å². The van der Waals surface area contributed by atoms with Gasteiger partial charge in [0, 0.05) is 37.6 Å². The highest BCUT2D eigenvalue weighted by molar-refractivity contribution is 6.33. The van der Waals surface area contributed by atoms with Gasteiger partial charge in [-0.2, -0.15) is 0 Å². The lowest BCUT2D eigenvalue weighted by atomic mass is 10.1. The molecule has 1 aromatic heterocycles. The van der Waals surface area contributed by atoms with Crippen LogP contribution in [-0.2, 0) is 6.54 Å². The molecule has 5 heteroatoms. The number of hydrogen-bond acceptors (Lipinski definition) is 3. The average Bonchev–Trinajstić information content (AvgIpc) is 2.53. The molecule has 0 atom stereocenters. The Morgan fingerprint density at radius 2 is 1.95 bits per heavy atom. The minimum absolute atomic E-state index is 0.0340. The summed E-state index contributed by atoms with van der Waals surface area (Å²) in [4.78, 5) is 17.9. The van der Waals surface area contributed by atoms with Gasteiger partial charge in [-0.3, -0.25) is 9.78 Å². The molecule has 22 heavy (non-hydrogen) atoms. The maximum Gasteiger partial charge on any atom is 0.253 e.